The molecule has 1 aromatic heterocycles. The molecule has 7 heteroatoms. The highest BCUT2D eigenvalue weighted by Gasteiger charge is 2.43. The number of fused-ring (bicyclic) bond motifs is 1. The van der Waals surface area contributed by atoms with Crippen molar-refractivity contribution in [1.29, 1.82) is 0 Å². The Bertz CT molecular complexity index is 851. The van der Waals surface area contributed by atoms with Crippen molar-refractivity contribution in [2.45, 2.75) is 25.6 Å². The summed E-state index contributed by atoms with van der Waals surface area (Å²) < 4.78 is 7.41. The van der Waals surface area contributed by atoms with Crippen LogP contribution < -0.4 is 0 Å². The zero-order chi connectivity index (χ0) is 19.0. The Hall–Kier alpha value is -2.31. The lowest BCUT2D eigenvalue weighted by Gasteiger charge is -2.20. The van der Waals surface area contributed by atoms with Gasteiger partial charge in [-0.2, -0.15) is 0 Å². The molecule has 1 aliphatic carbocycles. The van der Waals surface area contributed by atoms with Crippen molar-refractivity contribution in [2.24, 2.45) is 11.8 Å². The molecule has 0 bridgehead atoms. The summed E-state index contributed by atoms with van der Waals surface area (Å²) in [7, 11) is 0. The van der Waals surface area contributed by atoms with Crippen molar-refractivity contribution >= 4 is 23.6 Å². The minimum Gasteiger partial charge on any atom is -0.478 e. The van der Waals surface area contributed by atoms with Crippen LogP contribution in [0.4, 0.5) is 4.79 Å². The Morgan fingerprint density at radius 1 is 1.15 bits per heavy atom. The molecule has 1 saturated heterocycles. The second kappa shape index (κ2) is 7.37. The number of benzene rings is 1. The van der Waals surface area contributed by atoms with Crippen molar-refractivity contribution in [2.75, 3.05) is 13.1 Å². The minimum atomic E-state index is -1.03. The van der Waals surface area contributed by atoms with Gasteiger partial charge in [-0.25, -0.2) is 9.59 Å². The average molecular weight is 389 g/mol. The molecule has 2 fully saturated rings. The molecule has 27 heavy (non-hydrogen) atoms. The number of rotatable bonds is 4. The number of nitrogens with zero attached hydrogens (tertiary/aromatic N) is 2. The fourth-order valence-electron chi connectivity index (χ4n) is 4.17. The van der Waals surface area contributed by atoms with E-state index in [-0.39, 0.29) is 17.7 Å². The molecule has 1 aromatic carbocycles. The predicted molar refractivity (Wildman–Crippen MR) is 100 cm³/mol. The van der Waals surface area contributed by atoms with E-state index < -0.39 is 5.97 Å². The maximum atomic E-state index is 12.6. The number of carbonyl (C=O) groups is 2. The maximum Gasteiger partial charge on any atom is 0.337 e. The van der Waals surface area contributed by atoms with Crippen molar-refractivity contribution in [3.05, 3.63) is 58.9 Å². The molecule has 2 aromatic rings. The number of carboxylic acid groups (broad SMARTS) is 1. The van der Waals surface area contributed by atoms with Gasteiger partial charge in [0.1, 0.15) is 0 Å². The molecule has 1 saturated carbocycles. The molecular formula is C20H21ClN2O4. The quantitative estimate of drug-likeness (QED) is 0.866. The number of carboxylic acids is 1. The van der Waals surface area contributed by atoms with Crippen molar-refractivity contribution in [3.8, 4) is 0 Å². The lowest BCUT2D eigenvalue weighted by molar-refractivity contribution is 0.0384. The van der Waals surface area contributed by atoms with Gasteiger partial charge in [-0.15, -0.1) is 0 Å². The molecule has 1 aliphatic heterocycles. The summed E-state index contributed by atoms with van der Waals surface area (Å²) in [6.07, 6.45) is 4.94. The third-order valence-corrected chi connectivity index (χ3v) is 5.94. The Kier molecular flexibility index (Phi) is 4.93. The number of ether oxygens (including phenoxy) is 1. The van der Waals surface area contributed by atoms with Crippen LogP contribution in [0.2, 0.25) is 5.02 Å². The summed E-state index contributed by atoms with van der Waals surface area (Å²) >= 11 is 6.18. The molecule has 3 atom stereocenters. The van der Waals surface area contributed by atoms with Gasteiger partial charge in [0.2, 0.25) is 0 Å². The number of hydrogen-bond donors (Lipinski definition) is 1. The number of carbonyl (C=O) groups excluding carboxylic acids is 1. The van der Waals surface area contributed by atoms with Crippen LogP contribution >= 0.6 is 11.6 Å². The molecule has 1 unspecified atom stereocenters. The Morgan fingerprint density at radius 2 is 1.85 bits per heavy atom. The summed E-state index contributed by atoms with van der Waals surface area (Å²) in [6.45, 7) is 1.89. The molecule has 2 heterocycles. The molecule has 2 aliphatic rings. The second-order valence-electron chi connectivity index (χ2n) is 7.32. The number of aromatic carboxylic acids is 1. The molecule has 4 rings (SSSR count). The topological polar surface area (TPSA) is 71.8 Å². The minimum absolute atomic E-state index is 0.121. The number of halogens is 1. The van der Waals surface area contributed by atoms with E-state index >= 15 is 0 Å². The zero-order valence-electron chi connectivity index (χ0n) is 14.8. The van der Waals surface area contributed by atoms with Gasteiger partial charge in [-0.05, 0) is 42.4 Å². The van der Waals surface area contributed by atoms with Gasteiger partial charge in [-0.3, -0.25) is 4.57 Å². The lowest BCUT2D eigenvalue weighted by Crippen LogP contribution is -2.33. The smallest absolute Gasteiger partial charge is 0.337 e. The number of amides is 1. The first-order valence-electron chi connectivity index (χ1n) is 9.07. The van der Waals surface area contributed by atoms with E-state index in [1.54, 1.807) is 0 Å². The van der Waals surface area contributed by atoms with Crippen LogP contribution in [-0.4, -0.2) is 45.8 Å². The van der Waals surface area contributed by atoms with Crippen LogP contribution in [0.15, 0.2) is 42.7 Å². The summed E-state index contributed by atoms with van der Waals surface area (Å²) in [6, 6.07) is 8.97. The second-order valence-corrected chi connectivity index (χ2v) is 7.72. The van der Waals surface area contributed by atoms with Gasteiger partial charge in [-0.1, -0.05) is 29.8 Å². The molecule has 6 nitrogen and oxygen atoms in total. The monoisotopic (exact) mass is 388 g/mol. The maximum absolute atomic E-state index is 12.6. The highest BCUT2D eigenvalue weighted by Crippen LogP contribution is 2.40. The highest BCUT2D eigenvalue weighted by molar-refractivity contribution is 6.31. The van der Waals surface area contributed by atoms with Gasteiger partial charge >= 0.3 is 12.0 Å². The van der Waals surface area contributed by atoms with Crippen LogP contribution in [0, 0.1) is 11.8 Å². The summed E-state index contributed by atoms with van der Waals surface area (Å²) in [4.78, 5) is 25.4. The van der Waals surface area contributed by atoms with Crippen LogP contribution in [0.1, 0.15) is 28.8 Å². The molecule has 0 radical (unpaired) electrons. The van der Waals surface area contributed by atoms with Crippen molar-refractivity contribution in [1.82, 2.24) is 9.47 Å². The van der Waals surface area contributed by atoms with Gasteiger partial charge in [0.25, 0.3) is 0 Å². The average Bonchev–Trinajstić information content (AvgIpc) is 3.35. The zero-order valence-corrected chi connectivity index (χ0v) is 15.5. The van der Waals surface area contributed by atoms with Crippen LogP contribution in [0.3, 0.4) is 0 Å². The number of likely N-dealkylation sites (tertiary alicyclic amines) is 1. The van der Waals surface area contributed by atoms with E-state index in [0.717, 1.165) is 23.4 Å². The molecular weight excluding hydrogens is 368 g/mol. The summed E-state index contributed by atoms with van der Waals surface area (Å²) in [5.74, 6) is -0.169. The lowest BCUT2D eigenvalue weighted by atomic mass is 10.0. The van der Waals surface area contributed by atoms with E-state index in [1.807, 2.05) is 29.2 Å². The largest absolute Gasteiger partial charge is 0.478 e. The van der Waals surface area contributed by atoms with Gasteiger partial charge in [0.15, 0.2) is 0 Å². The first-order chi connectivity index (χ1) is 13.0. The molecule has 142 valence electrons. The summed E-state index contributed by atoms with van der Waals surface area (Å²) in [5.41, 5.74) is 1.12. The highest BCUT2D eigenvalue weighted by atomic mass is 35.5. The summed E-state index contributed by atoms with van der Waals surface area (Å²) in [5, 5.41) is 9.72. The first-order valence-corrected chi connectivity index (χ1v) is 9.44. The number of aromatic nitrogens is 1. The van der Waals surface area contributed by atoms with E-state index in [1.165, 1.54) is 23.0 Å². The van der Waals surface area contributed by atoms with E-state index in [0.29, 0.717) is 31.5 Å². The Balaban J connectivity index is 1.31. The Morgan fingerprint density at radius 3 is 2.48 bits per heavy atom. The third-order valence-electron chi connectivity index (χ3n) is 5.57. The molecule has 1 N–H and O–H groups in total. The van der Waals surface area contributed by atoms with Crippen LogP contribution in [0.25, 0.3) is 0 Å². The fourth-order valence-corrected chi connectivity index (χ4v) is 4.36. The van der Waals surface area contributed by atoms with Crippen LogP contribution in [-0.2, 0) is 11.3 Å². The van der Waals surface area contributed by atoms with E-state index in [2.05, 4.69) is 0 Å². The van der Waals surface area contributed by atoms with Gasteiger partial charge < -0.3 is 14.7 Å². The predicted octanol–water partition coefficient (Wildman–Crippen LogP) is 3.74. The van der Waals surface area contributed by atoms with Crippen molar-refractivity contribution < 1.29 is 19.4 Å². The number of hydrogen-bond acceptors (Lipinski definition) is 3. The van der Waals surface area contributed by atoms with Crippen LogP contribution in [0.5, 0.6) is 0 Å². The first kappa shape index (κ1) is 18.1. The standard InChI is InChI=1S/C20H21ClN2O4/c21-18-4-2-1-3-14(18)12-27-17-7-15-10-23(11-16(15)8-17)20(26)22-6-5-13(9-22)19(24)25/h1-6,9,15-17H,7-8,10-12H2,(H,24,25)/t15-,16+,17?. The molecule has 0 spiro atoms. The van der Waals surface area contributed by atoms with Gasteiger partial charge in [0, 0.05) is 30.5 Å². The van der Waals surface area contributed by atoms with Gasteiger partial charge in [0.05, 0.1) is 18.3 Å². The van der Waals surface area contributed by atoms with Crippen molar-refractivity contribution in [3.63, 3.8) is 0 Å². The van der Waals surface area contributed by atoms with E-state index in [9.17, 15) is 9.59 Å². The third kappa shape index (κ3) is 3.73. The van der Waals surface area contributed by atoms with E-state index in [4.69, 9.17) is 21.4 Å². The Labute approximate surface area is 162 Å². The fraction of sp³-hybridized carbons (Fsp3) is 0.400. The SMILES string of the molecule is O=C(O)c1ccn(C(=O)N2C[C@H]3CC(OCc4ccccc4Cl)C[C@H]3C2)c1. The normalized spacial score (nSPS) is 24.2. The molecule has 1 amide bonds.